The molecule has 9 nitrogen and oxygen atoms in total. The van der Waals surface area contributed by atoms with Gasteiger partial charge in [0.25, 0.3) is 0 Å². The number of sulfonamides is 1. The SMILES string of the molecule is CCOC(=O)c1cc(S(N)(=O)=O)cc([N+](=O)[O-])c1OCC. The number of nitrogens with two attached hydrogens (primary N) is 1. The summed E-state index contributed by atoms with van der Waals surface area (Å²) in [6.07, 6.45) is 0. The van der Waals surface area contributed by atoms with Crippen molar-refractivity contribution in [1.82, 2.24) is 0 Å². The molecule has 0 fully saturated rings. The average Bonchev–Trinajstić information content (AvgIpc) is 2.37. The molecular weight excluding hydrogens is 304 g/mol. The molecule has 10 heteroatoms. The summed E-state index contributed by atoms with van der Waals surface area (Å²) in [4.78, 5) is 21.5. The maximum absolute atomic E-state index is 11.8. The van der Waals surface area contributed by atoms with E-state index >= 15 is 0 Å². The summed E-state index contributed by atoms with van der Waals surface area (Å²) in [7, 11) is -4.23. The lowest BCUT2D eigenvalue weighted by Gasteiger charge is -2.11. The van der Waals surface area contributed by atoms with Crippen LogP contribution in [-0.2, 0) is 14.8 Å². The normalized spacial score (nSPS) is 11.0. The Morgan fingerprint density at radius 1 is 1.33 bits per heavy atom. The summed E-state index contributed by atoms with van der Waals surface area (Å²) in [6, 6.07) is 1.63. The van der Waals surface area contributed by atoms with Crippen molar-refractivity contribution in [1.29, 1.82) is 0 Å². The van der Waals surface area contributed by atoms with Crippen LogP contribution in [0.4, 0.5) is 5.69 Å². The molecule has 0 radical (unpaired) electrons. The molecule has 1 aromatic carbocycles. The molecule has 116 valence electrons. The van der Waals surface area contributed by atoms with Crippen LogP contribution < -0.4 is 9.88 Å². The van der Waals surface area contributed by atoms with Crippen LogP contribution >= 0.6 is 0 Å². The summed E-state index contributed by atoms with van der Waals surface area (Å²) in [5, 5.41) is 16.0. The molecule has 0 unspecified atom stereocenters. The second-order valence-corrected chi connectivity index (χ2v) is 5.34. The molecule has 0 amide bonds. The first-order chi connectivity index (χ1) is 9.72. The van der Waals surface area contributed by atoms with Crippen molar-refractivity contribution in [3.8, 4) is 5.75 Å². The van der Waals surface area contributed by atoms with Crippen LogP contribution in [0.3, 0.4) is 0 Å². The molecule has 0 saturated heterocycles. The van der Waals surface area contributed by atoms with Gasteiger partial charge in [0.1, 0.15) is 5.56 Å². The van der Waals surface area contributed by atoms with Crippen molar-refractivity contribution in [3.63, 3.8) is 0 Å². The van der Waals surface area contributed by atoms with Gasteiger partial charge in [-0.25, -0.2) is 18.4 Å². The Labute approximate surface area is 120 Å². The molecule has 0 bridgehead atoms. The molecule has 0 spiro atoms. The number of esters is 1. The van der Waals surface area contributed by atoms with Gasteiger partial charge >= 0.3 is 11.7 Å². The molecule has 21 heavy (non-hydrogen) atoms. The van der Waals surface area contributed by atoms with E-state index in [1.165, 1.54) is 6.92 Å². The number of carbonyl (C=O) groups is 1. The zero-order chi connectivity index (χ0) is 16.2. The molecule has 0 aromatic heterocycles. The highest BCUT2D eigenvalue weighted by Gasteiger charge is 2.28. The van der Waals surface area contributed by atoms with Gasteiger partial charge in [-0.15, -0.1) is 0 Å². The first-order valence-electron chi connectivity index (χ1n) is 5.87. The number of ether oxygens (including phenoxy) is 2. The van der Waals surface area contributed by atoms with Crippen LogP contribution in [0.5, 0.6) is 5.75 Å². The summed E-state index contributed by atoms with van der Waals surface area (Å²) in [5.41, 5.74) is -1.04. The van der Waals surface area contributed by atoms with E-state index in [9.17, 15) is 23.3 Å². The number of rotatable bonds is 6. The molecular formula is C11H14N2O7S. The quantitative estimate of drug-likeness (QED) is 0.465. The second kappa shape index (κ2) is 6.50. The predicted octanol–water partition coefficient (Wildman–Crippen LogP) is 0.818. The van der Waals surface area contributed by atoms with Gasteiger partial charge in [0, 0.05) is 6.07 Å². The molecule has 1 rings (SSSR count). The van der Waals surface area contributed by atoms with Crippen LogP contribution in [0.25, 0.3) is 0 Å². The van der Waals surface area contributed by atoms with Gasteiger partial charge < -0.3 is 9.47 Å². The number of nitrogens with zero attached hydrogens (tertiary/aromatic N) is 1. The summed E-state index contributed by atoms with van der Waals surface area (Å²) < 4.78 is 32.6. The highest BCUT2D eigenvalue weighted by molar-refractivity contribution is 7.89. The smallest absolute Gasteiger partial charge is 0.342 e. The van der Waals surface area contributed by atoms with Crippen LogP contribution in [-0.4, -0.2) is 32.5 Å². The molecule has 0 atom stereocenters. The van der Waals surface area contributed by atoms with Crippen LogP contribution in [0.15, 0.2) is 17.0 Å². The fourth-order valence-electron chi connectivity index (χ4n) is 1.54. The Morgan fingerprint density at radius 3 is 2.38 bits per heavy atom. The standard InChI is InChI=1S/C11H14N2O7S/c1-3-19-10-8(11(14)20-4-2)5-7(21(12,17)18)6-9(10)13(15)16/h5-6H,3-4H2,1-2H3,(H2,12,17,18). The Morgan fingerprint density at radius 2 is 1.95 bits per heavy atom. The number of benzene rings is 1. The van der Waals surface area contributed by atoms with Crippen molar-refractivity contribution in [2.24, 2.45) is 5.14 Å². The van der Waals surface area contributed by atoms with Crippen molar-refractivity contribution in [2.45, 2.75) is 18.7 Å². The van der Waals surface area contributed by atoms with Gasteiger partial charge in [-0.1, -0.05) is 0 Å². The third-order valence-electron chi connectivity index (χ3n) is 2.35. The topological polar surface area (TPSA) is 139 Å². The van der Waals surface area contributed by atoms with Gasteiger partial charge in [-0.05, 0) is 19.9 Å². The summed E-state index contributed by atoms with van der Waals surface area (Å²) in [6.45, 7) is 3.15. The van der Waals surface area contributed by atoms with E-state index in [1.807, 2.05) is 0 Å². The van der Waals surface area contributed by atoms with E-state index in [1.54, 1.807) is 6.92 Å². The minimum absolute atomic E-state index is 0.0117. The molecule has 0 saturated carbocycles. The Hall–Kier alpha value is -2.20. The lowest BCUT2D eigenvalue weighted by molar-refractivity contribution is -0.386. The van der Waals surface area contributed by atoms with Crippen molar-refractivity contribution in [2.75, 3.05) is 13.2 Å². The highest BCUT2D eigenvalue weighted by atomic mass is 32.2. The van der Waals surface area contributed by atoms with Crippen LogP contribution in [0.1, 0.15) is 24.2 Å². The van der Waals surface area contributed by atoms with Gasteiger partial charge in [-0.2, -0.15) is 0 Å². The molecule has 0 aliphatic carbocycles. The maximum atomic E-state index is 11.8. The summed E-state index contributed by atoms with van der Waals surface area (Å²) in [5.74, 6) is -1.29. The molecule has 0 aliphatic rings. The largest absolute Gasteiger partial charge is 0.487 e. The third kappa shape index (κ3) is 3.89. The van der Waals surface area contributed by atoms with E-state index in [-0.39, 0.29) is 24.5 Å². The molecule has 0 aliphatic heterocycles. The van der Waals surface area contributed by atoms with Gasteiger partial charge in [0.15, 0.2) is 0 Å². The van der Waals surface area contributed by atoms with E-state index in [4.69, 9.17) is 14.6 Å². The zero-order valence-corrected chi connectivity index (χ0v) is 12.2. The van der Waals surface area contributed by atoms with E-state index in [0.717, 1.165) is 12.1 Å². The fourth-order valence-corrected chi connectivity index (χ4v) is 2.10. The highest BCUT2D eigenvalue weighted by Crippen LogP contribution is 2.34. The van der Waals surface area contributed by atoms with Crippen molar-refractivity contribution >= 4 is 21.7 Å². The maximum Gasteiger partial charge on any atom is 0.342 e. The minimum Gasteiger partial charge on any atom is -0.487 e. The Bertz CT molecular complexity index is 669. The average molecular weight is 318 g/mol. The molecule has 0 heterocycles. The number of nitro benzene ring substituents is 1. The van der Waals surface area contributed by atoms with E-state index in [0.29, 0.717) is 0 Å². The van der Waals surface area contributed by atoms with Crippen LogP contribution in [0.2, 0.25) is 0 Å². The number of nitro groups is 1. The van der Waals surface area contributed by atoms with Crippen LogP contribution in [0, 0.1) is 10.1 Å². The van der Waals surface area contributed by atoms with Gasteiger partial charge in [-0.3, -0.25) is 10.1 Å². The minimum atomic E-state index is -4.23. The van der Waals surface area contributed by atoms with E-state index < -0.39 is 31.5 Å². The monoisotopic (exact) mass is 318 g/mol. The Kier molecular flexibility index (Phi) is 5.22. The van der Waals surface area contributed by atoms with E-state index in [2.05, 4.69) is 0 Å². The van der Waals surface area contributed by atoms with Crippen molar-refractivity contribution < 1.29 is 27.6 Å². The Balaban J connectivity index is 3.67. The fraction of sp³-hybridized carbons (Fsp3) is 0.364. The van der Waals surface area contributed by atoms with Crippen molar-refractivity contribution in [3.05, 3.63) is 27.8 Å². The van der Waals surface area contributed by atoms with Gasteiger partial charge in [0.2, 0.25) is 15.8 Å². The lowest BCUT2D eigenvalue weighted by Crippen LogP contribution is -2.16. The number of hydrogen-bond acceptors (Lipinski definition) is 7. The first kappa shape index (κ1) is 16.9. The second-order valence-electron chi connectivity index (χ2n) is 3.77. The number of primary sulfonamides is 1. The summed E-state index contributed by atoms with van der Waals surface area (Å²) >= 11 is 0. The molecule has 1 aromatic rings. The molecule has 2 N–H and O–H groups in total. The zero-order valence-electron chi connectivity index (χ0n) is 11.4. The lowest BCUT2D eigenvalue weighted by atomic mass is 10.1. The number of hydrogen-bond donors (Lipinski definition) is 1. The number of carbonyl (C=O) groups excluding carboxylic acids is 1. The third-order valence-corrected chi connectivity index (χ3v) is 3.24. The predicted molar refractivity (Wildman–Crippen MR) is 71.6 cm³/mol. The first-order valence-corrected chi connectivity index (χ1v) is 7.42. The van der Waals surface area contributed by atoms with Gasteiger partial charge in [0.05, 0.1) is 23.0 Å².